The highest BCUT2D eigenvalue weighted by molar-refractivity contribution is 5.87. The van der Waals surface area contributed by atoms with Crippen molar-refractivity contribution in [2.45, 2.75) is 19.5 Å². The summed E-state index contributed by atoms with van der Waals surface area (Å²) in [5.41, 5.74) is 1.45. The Morgan fingerprint density at radius 1 is 1.38 bits per heavy atom. The van der Waals surface area contributed by atoms with Crippen molar-refractivity contribution in [3.05, 3.63) is 36.1 Å². The van der Waals surface area contributed by atoms with Gasteiger partial charge >= 0.3 is 6.03 Å². The van der Waals surface area contributed by atoms with Gasteiger partial charge in [0, 0.05) is 31.8 Å². The van der Waals surface area contributed by atoms with Crippen LogP contribution in [0.5, 0.6) is 5.75 Å². The van der Waals surface area contributed by atoms with Crippen LogP contribution in [-0.2, 0) is 11.3 Å². The number of nitrogens with one attached hydrogen (secondary N) is 1. The van der Waals surface area contributed by atoms with Crippen molar-refractivity contribution in [1.29, 1.82) is 0 Å². The lowest BCUT2D eigenvalue weighted by Crippen LogP contribution is -2.58. The Morgan fingerprint density at radius 2 is 2.15 bits per heavy atom. The third-order valence-corrected chi connectivity index (χ3v) is 4.49. The maximum atomic E-state index is 12.4. The topological polar surface area (TPSA) is 87.9 Å². The van der Waals surface area contributed by atoms with Gasteiger partial charge in [0.15, 0.2) is 5.76 Å². The molecule has 0 saturated carbocycles. The third kappa shape index (κ3) is 3.49. The molecular formula is C18H22N4O4. The number of likely N-dealkylation sites (N-methyl/N-ethyl adjacent to an activating group) is 1. The van der Waals surface area contributed by atoms with E-state index in [-0.39, 0.29) is 18.5 Å². The molecule has 8 heteroatoms. The average Bonchev–Trinajstić information content (AvgIpc) is 3.13. The number of benzene rings is 1. The number of hydrogen-bond donors (Lipinski definition) is 1. The van der Waals surface area contributed by atoms with Crippen LogP contribution < -0.4 is 10.1 Å². The maximum absolute atomic E-state index is 12.4. The van der Waals surface area contributed by atoms with Crippen LogP contribution in [0.2, 0.25) is 0 Å². The summed E-state index contributed by atoms with van der Waals surface area (Å²) in [6, 6.07) is 8.48. The fraction of sp³-hybridized carbons (Fsp3) is 0.389. The second kappa shape index (κ2) is 7.47. The molecule has 2 aromatic rings. The second-order valence-corrected chi connectivity index (χ2v) is 6.17. The highest BCUT2D eigenvalue weighted by Crippen LogP contribution is 2.28. The van der Waals surface area contributed by atoms with Crippen LogP contribution in [0.1, 0.15) is 12.7 Å². The molecular weight excluding hydrogens is 336 g/mol. The first-order valence-corrected chi connectivity index (χ1v) is 8.39. The summed E-state index contributed by atoms with van der Waals surface area (Å²) in [6.45, 7) is 2.94. The monoisotopic (exact) mass is 358 g/mol. The second-order valence-electron chi connectivity index (χ2n) is 6.17. The first-order valence-electron chi connectivity index (χ1n) is 8.39. The van der Waals surface area contributed by atoms with Gasteiger partial charge in [-0.15, -0.1) is 0 Å². The number of ether oxygens (including phenoxy) is 1. The molecule has 26 heavy (non-hydrogen) atoms. The number of piperazine rings is 1. The van der Waals surface area contributed by atoms with Gasteiger partial charge in [0.1, 0.15) is 17.5 Å². The van der Waals surface area contributed by atoms with Crippen LogP contribution in [0.25, 0.3) is 11.3 Å². The predicted octanol–water partition coefficient (Wildman–Crippen LogP) is 1.72. The Labute approximate surface area is 151 Å². The standard InChI is InChI=1S/C18H22N4O4/c1-12-17(23)21(2)8-9-22(12)18(24)19-11-13-10-15(20-26-13)14-6-4-5-7-16(14)25-3/h4-7,10,12H,8-9,11H2,1-3H3,(H,19,24). The maximum Gasteiger partial charge on any atom is 0.318 e. The molecule has 1 saturated heterocycles. The van der Waals surface area contributed by atoms with Gasteiger partial charge in [0.05, 0.1) is 13.7 Å². The Kier molecular flexibility index (Phi) is 5.11. The summed E-state index contributed by atoms with van der Waals surface area (Å²) < 4.78 is 10.6. The van der Waals surface area contributed by atoms with Crippen molar-refractivity contribution in [2.75, 3.05) is 27.2 Å². The zero-order valence-corrected chi connectivity index (χ0v) is 15.1. The van der Waals surface area contributed by atoms with E-state index in [9.17, 15) is 9.59 Å². The number of rotatable bonds is 4. The Balaban J connectivity index is 1.63. The van der Waals surface area contributed by atoms with Gasteiger partial charge in [-0.2, -0.15) is 0 Å². The largest absolute Gasteiger partial charge is 0.496 e. The zero-order valence-electron chi connectivity index (χ0n) is 15.1. The molecule has 1 atom stereocenters. The summed E-state index contributed by atoms with van der Waals surface area (Å²) in [5, 5.41) is 6.82. The van der Waals surface area contributed by atoms with Crippen LogP contribution in [0.3, 0.4) is 0 Å². The minimum absolute atomic E-state index is 0.0653. The number of para-hydroxylation sites is 1. The molecule has 0 aliphatic carbocycles. The highest BCUT2D eigenvalue weighted by Gasteiger charge is 2.32. The van der Waals surface area contributed by atoms with E-state index in [1.165, 1.54) is 4.90 Å². The summed E-state index contributed by atoms with van der Waals surface area (Å²) in [6.07, 6.45) is 0. The number of methoxy groups -OCH3 is 1. The van der Waals surface area contributed by atoms with Crippen LogP contribution in [0.4, 0.5) is 4.79 Å². The molecule has 3 rings (SSSR count). The zero-order chi connectivity index (χ0) is 18.7. The minimum Gasteiger partial charge on any atom is -0.496 e. The molecule has 1 aromatic carbocycles. The van der Waals surface area contributed by atoms with Crippen molar-refractivity contribution < 1.29 is 18.8 Å². The van der Waals surface area contributed by atoms with E-state index >= 15 is 0 Å². The van der Waals surface area contributed by atoms with E-state index in [0.717, 1.165) is 5.56 Å². The van der Waals surface area contributed by atoms with Crippen LogP contribution in [0.15, 0.2) is 34.9 Å². The molecule has 1 aromatic heterocycles. The number of urea groups is 1. The Morgan fingerprint density at radius 3 is 2.92 bits per heavy atom. The van der Waals surface area contributed by atoms with Gasteiger partial charge < -0.3 is 24.4 Å². The molecule has 8 nitrogen and oxygen atoms in total. The first kappa shape index (κ1) is 17.8. The summed E-state index contributed by atoms with van der Waals surface area (Å²) in [5.74, 6) is 1.15. The summed E-state index contributed by atoms with van der Waals surface area (Å²) >= 11 is 0. The molecule has 1 unspecified atom stereocenters. The van der Waals surface area contributed by atoms with Gasteiger partial charge in [-0.3, -0.25) is 4.79 Å². The normalized spacial score (nSPS) is 17.3. The summed E-state index contributed by atoms with van der Waals surface area (Å²) in [4.78, 5) is 27.5. The summed E-state index contributed by atoms with van der Waals surface area (Å²) in [7, 11) is 3.33. The quantitative estimate of drug-likeness (QED) is 0.899. The van der Waals surface area contributed by atoms with Crippen molar-refractivity contribution in [3.8, 4) is 17.0 Å². The van der Waals surface area contributed by atoms with Crippen LogP contribution in [-0.4, -0.2) is 60.2 Å². The molecule has 2 heterocycles. The predicted molar refractivity (Wildman–Crippen MR) is 94.5 cm³/mol. The fourth-order valence-electron chi connectivity index (χ4n) is 2.94. The van der Waals surface area contributed by atoms with Gasteiger partial charge in [-0.25, -0.2) is 4.79 Å². The lowest BCUT2D eigenvalue weighted by molar-refractivity contribution is -0.137. The molecule has 1 aliphatic rings. The van der Waals surface area contributed by atoms with Gasteiger partial charge in [-0.1, -0.05) is 17.3 Å². The van der Waals surface area contributed by atoms with E-state index in [2.05, 4.69) is 10.5 Å². The number of carbonyl (C=O) groups excluding carboxylic acids is 2. The number of amides is 3. The molecule has 1 fully saturated rings. The molecule has 3 amide bonds. The van der Waals surface area contributed by atoms with Crippen LogP contribution in [0, 0.1) is 0 Å². The first-order chi connectivity index (χ1) is 12.5. The molecule has 1 N–H and O–H groups in total. The van der Waals surface area contributed by atoms with E-state index in [4.69, 9.17) is 9.26 Å². The van der Waals surface area contributed by atoms with Crippen molar-refractivity contribution in [1.82, 2.24) is 20.3 Å². The number of hydrogen-bond acceptors (Lipinski definition) is 5. The highest BCUT2D eigenvalue weighted by atomic mass is 16.5. The Hall–Kier alpha value is -3.03. The average molecular weight is 358 g/mol. The minimum atomic E-state index is -0.479. The molecule has 0 bridgehead atoms. The molecule has 138 valence electrons. The lowest BCUT2D eigenvalue weighted by Gasteiger charge is -2.37. The SMILES string of the molecule is COc1ccccc1-c1cc(CNC(=O)N2CCN(C)C(=O)C2C)on1. The molecule has 1 aliphatic heterocycles. The lowest BCUT2D eigenvalue weighted by atomic mass is 10.1. The van der Waals surface area contributed by atoms with Gasteiger partial charge in [0.25, 0.3) is 0 Å². The van der Waals surface area contributed by atoms with E-state index in [1.54, 1.807) is 32.0 Å². The molecule has 0 radical (unpaired) electrons. The Bertz CT molecular complexity index is 804. The third-order valence-electron chi connectivity index (χ3n) is 4.49. The van der Waals surface area contributed by atoms with Crippen molar-refractivity contribution in [3.63, 3.8) is 0 Å². The van der Waals surface area contributed by atoms with Crippen molar-refractivity contribution >= 4 is 11.9 Å². The van der Waals surface area contributed by atoms with E-state index < -0.39 is 6.04 Å². The fourth-order valence-corrected chi connectivity index (χ4v) is 2.94. The van der Waals surface area contributed by atoms with Crippen molar-refractivity contribution in [2.24, 2.45) is 0 Å². The van der Waals surface area contributed by atoms with Gasteiger partial charge in [-0.05, 0) is 19.1 Å². The van der Waals surface area contributed by atoms with Crippen LogP contribution >= 0.6 is 0 Å². The molecule has 0 spiro atoms. The smallest absolute Gasteiger partial charge is 0.318 e. The number of aromatic nitrogens is 1. The van der Waals surface area contributed by atoms with E-state index in [1.807, 2.05) is 24.3 Å². The van der Waals surface area contributed by atoms with E-state index in [0.29, 0.717) is 30.3 Å². The van der Waals surface area contributed by atoms with Gasteiger partial charge in [0.2, 0.25) is 5.91 Å². The number of carbonyl (C=O) groups is 2. The number of nitrogens with zero attached hydrogens (tertiary/aromatic N) is 3.